The van der Waals surface area contributed by atoms with Gasteiger partial charge in [-0.25, -0.2) is 23.7 Å². The van der Waals surface area contributed by atoms with E-state index in [-0.39, 0.29) is 32.3 Å². The zero-order chi connectivity index (χ0) is 33.1. The number of carbonyl (C=O) groups excluding carboxylic acids is 1. The smallest absolute Gasteiger partial charge is 0.369 e. The second-order valence-corrected chi connectivity index (χ2v) is 16.2. The summed E-state index contributed by atoms with van der Waals surface area (Å²) in [6.45, 7) is 4.98. The SMILES string of the molecule is CC(C)(C)c1csc(NC(=O)[C@@H]2OC3C(COP(=O)(O)OP(=O)(O)OP(=O)(O)O)OC(n4cnc5c(=S)[nH]c(N)nc54)C3O2)n1. The number of hydrogen-bond acceptors (Lipinski definition) is 16. The lowest BCUT2D eigenvalue weighted by atomic mass is 9.93. The Bertz CT molecular complexity index is 1820. The molecule has 21 nitrogen and oxygen atoms in total. The van der Waals surface area contributed by atoms with Gasteiger partial charge in [0, 0.05) is 10.8 Å². The van der Waals surface area contributed by atoms with E-state index in [2.05, 4.69) is 33.9 Å². The number of aromatic nitrogens is 5. The number of rotatable bonds is 10. The van der Waals surface area contributed by atoms with Crippen LogP contribution in [0.2, 0.25) is 0 Å². The minimum atomic E-state index is -5.77. The van der Waals surface area contributed by atoms with Crippen molar-refractivity contribution in [1.29, 1.82) is 0 Å². The molecule has 3 aromatic rings. The summed E-state index contributed by atoms with van der Waals surface area (Å²) in [6.07, 6.45) is -4.99. The van der Waals surface area contributed by atoms with E-state index in [1.54, 1.807) is 5.38 Å². The van der Waals surface area contributed by atoms with Crippen LogP contribution in [0.5, 0.6) is 0 Å². The summed E-state index contributed by atoms with van der Waals surface area (Å²) in [5, 5.41) is 4.68. The molecule has 3 aromatic heterocycles. The average molecular weight is 734 g/mol. The molecule has 8 N–H and O–H groups in total. The average Bonchev–Trinajstić information content (AvgIpc) is 3.63. The van der Waals surface area contributed by atoms with Gasteiger partial charge in [0.05, 0.1) is 18.6 Å². The number of fused-ring (bicyclic) bond motifs is 2. The van der Waals surface area contributed by atoms with E-state index < -0.39 is 66.8 Å². The van der Waals surface area contributed by atoms with E-state index in [4.69, 9.17) is 46.5 Å². The fourth-order valence-corrected chi connectivity index (χ4v) is 8.48. The molecule has 1 amide bonds. The Hall–Kier alpha value is -2.04. The van der Waals surface area contributed by atoms with E-state index in [0.717, 1.165) is 5.69 Å². The topological polar surface area (TPSA) is 302 Å². The van der Waals surface area contributed by atoms with Crippen LogP contribution >= 0.6 is 47.0 Å². The maximum Gasteiger partial charge on any atom is 0.490 e. The molecule has 5 heterocycles. The molecule has 45 heavy (non-hydrogen) atoms. The number of amides is 1. The molecule has 0 radical (unpaired) electrons. The lowest BCUT2D eigenvalue weighted by Gasteiger charge is -2.22. The zero-order valence-electron chi connectivity index (χ0n) is 23.1. The molecule has 26 heteroatoms. The maximum atomic E-state index is 13.1. The second kappa shape index (κ2) is 12.2. The van der Waals surface area contributed by atoms with Gasteiger partial charge in [-0.1, -0.05) is 33.0 Å². The van der Waals surface area contributed by atoms with Crippen molar-refractivity contribution in [3.8, 4) is 0 Å². The number of nitrogens with two attached hydrogens (primary N) is 1. The molecule has 2 fully saturated rings. The number of carbonyl (C=O) groups is 1. The molecule has 0 aromatic carbocycles. The van der Waals surface area contributed by atoms with Crippen molar-refractivity contribution in [1.82, 2.24) is 24.5 Å². The van der Waals surface area contributed by atoms with Gasteiger partial charge in [-0.3, -0.25) is 19.2 Å². The van der Waals surface area contributed by atoms with Gasteiger partial charge in [0.1, 0.15) is 28.5 Å². The summed E-state index contributed by atoms with van der Waals surface area (Å²) in [5.74, 6) is -0.781. The van der Waals surface area contributed by atoms with Crippen LogP contribution in [0, 0.1) is 4.64 Å². The molecule has 6 unspecified atom stereocenters. The largest absolute Gasteiger partial charge is 0.490 e. The van der Waals surface area contributed by atoms with E-state index in [0.29, 0.717) is 0 Å². The predicted octanol–water partition coefficient (Wildman–Crippen LogP) is 1.81. The van der Waals surface area contributed by atoms with Crippen molar-refractivity contribution in [3.63, 3.8) is 0 Å². The van der Waals surface area contributed by atoms with Gasteiger partial charge in [-0.05, 0) is 0 Å². The summed E-state index contributed by atoms with van der Waals surface area (Å²) in [5.41, 5.74) is 6.67. The number of phosphoric acid groups is 3. The highest BCUT2D eigenvalue weighted by Crippen LogP contribution is 2.66. The first-order valence-electron chi connectivity index (χ1n) is 12.5. The predicted molar refractivity (Wildman–Crippen MR) is 154 cm³/mol. The number of phosphoric ester groups is 1. The number of ether oxygens (including phenoxy) is 3. The third-order valence-electron chi connectivity index (χ3n) is 6.11. The first-order valence-corrected chi connectivity index (χ1v) is 18.3. The van der Waals surface area contributed by atoms with Crippen LogP contribution in [0.3, 0.4) is 0 Å². The number of thiazole rings is 1. The lowest BCUT2D eigenvalue weighted by Crippen LogP contribution is -2.34. The molecule has 7 atom stereocenters. The molecule has 0 spiro atoms. The first-order chi connectivity index (χ1) is 20.7. The first kappa shape index (κ1) is 34.3. The standard InChI is InChI=1S/C19H26N7O14P3S2/c1-19(2,3)8-5-45-18(22-8)24-13(27)16-37-10-7(4-35-42(31,32)40-43(33,34)39-41(28,29)30)36-15(11(10)38-16)26-6-21-9-12(26)23-17(20)25-14(9)44/h5-7,10-11,15-16H,4H2,1-3H3,(H,31,32)(H,33,34)(H,22,24,27)(H2,28,29,30)(H3,20,23,25,44)/t7?,10?,11?,15?,16-/m1/s1. The van der Waals surface area contributed by atoms with E-state index in [1.807, 2.05) is 20.8 Å². The number of nitrogen functional groups attached to an aromatic ring is 1. The summed E-state index contributed by atoms with van der Waals surface area (Å²) < 4.78 is 66.5. The van der Waals surface area contributed by atoms with Gasteiger partial charge in [0.15, 0.2) is 17.0 Å². The Morgan fingerprint density at radius 3 is 2.47 bits per heavy atom. The van der Waals surface area contributed by atoms with E-state index >= 15 is 0 Å². The quantitative estimate of drug-likeness (QED) is 0.115. The molecule has 248 valence electrons. The van der Waals surface area contributed by atoms with Crippen molar-refractivity contribution >= 4 is 75.2 Å². The Morgan fingerprint density at radius 2 is 1.82 bits per heavy atom. The van der Waals surface area contributed by atoms with Crippen LogP contribution in [0.1, 0.15) is 32.7 Å². The van der Waals surface area contributed by atoms with E-state index in [9.17, 15) is 28.3 Å². The maximum absolute atomic E-state index is 13.1. The second-order valence-electron chi connectivity index (χ2n) is 10.5. The molecular formula is C19H26N7O14P3S2. The van der Waals surface area contributed by atoms with Crippen LogP contribution in [-0.4, -0.2) is 81.2 Å². The minimum absolute atomic E-state index is 0.0491. The highest BCUT2D eigenvalue weighted by Gasteiger charge is 2.56. The lowest BCUT2D eigenvalue weighted by molar-refractivity contribution is -0.166. The fraction of sp³-hybridized carbons (Fsp3) is 0.526. The van der Waals surface area contributed by atoms with Gasteiger partial charge >= 0.3 is 23.5 Å². The van der Waals surface area contributed by atoms with Gasteiger partial charge in [0.2, 0.25) is 12.2 Å². The molecule has 5 rings (SSSR count). The van der Waals surface area contributed by atoms with Gasteiger partial charge in [-0.15, -0.1) is 11.3 Å². The molecule has 2 saturated heterocycles. The van der Waals surface area contributed by atoms with Crippen LogP contribution in [0.4, 0.5) is 11.1 Å². The Kier molecular flexibility index (Phi) is 9.30. The molecule has 2 aliphatic rings. The molecule has 0 saturated carbocycles. The summed E-state index contributed by atoms with van der Waals surface area (Å²) >= 11 is 6.43. The van der Waals surface area contributed by atoms with Crippen molar-refractivity contribution in [2.45, 2.75) is 57.0 Å². The third-order valence-corrected chi connectivity index (χ3v) is 11.0. The Balaban J connectivity index is 1.37. The minimum Gasteiger partial charge on any atom is -0.369 e. The fourth-order valence-electron chi connectivity index (χ4n) is 4.26. The van der Waals surface area contributed by atoms with Crippen molar-refractivity contribution in [3.05, 3.63) is 22.0 Å². The van der Waals surface area contributed by atoms with Gasteiger partial charge in [-0.2, -0.15) is 13.6 Å². The number of imidazole rings is 1. The van der Waals surface area contributed by atoms with Crippen LogP contribution in [0.25, 0.3) is 11.2 Å². The van der Waals surface area contributed by atoms with Crippen LogP contribution in [0.15, 0.2) is 11.7 Å². The zero-order valence-corrected chi connectivity index (χ0v) is 27.5. The number of nitrogens with zero attached hydrogens (tertiary/aromatic N) is 4. The normalized spacial score (nSPS) is 26.4. The van der Waals surface area contributed by atoms with Crippen LogP contribution in [-0.2, 0) is 51.3 Å². The van der Waals surface area contributed by atoms with Crippen molar-refractivity contribution in [2.75, 3.05) is 17.7 Å². The summed E-state index contributed by atoms with van der Waals surface area (Å²) in [4.78, 5) is 65.4. The highest BCUT2D eigenvalue weighted by atomic mass is 32.1. The Morgan fingerprint density at radius 1 is 1.13 bits per heavy atom. The van der Waals surface area contributed by atoms with E-state index in [1.165, 1.54) is 22.2 Å². The monoisotopic (exact) mass is 733 g/mol. The summed E-state index contributed by atoms with van der Waals surface area (Å²) in [6, 6.07) is 0. The van der Waals surface area contributed by atoms with Gasteiger partial charge in [0.25, 0.3) is 5.91 Å². The van der Waals surface area contributed by atoms with Gasteiger partial charge < -0.3 is 44.5 Å². The molecule has 0 aliphatic carbocycles. The highest BCUT2D eigenvalue weighted by molar-refractivity contribution is 7.71. The Labute approximate surface area is 261 Å². The number of H-pyrrole nitrogens is 1. The third kappa shape index (κ3) is 7.92. The number of hydrogen-bond donors (Lipinski definition) is 7. The van der Waals surface area contributed by atoms with Crippen molar-refractivity contribution in [2.24, 2.45) is 0 Å². The number of anilines is 2. The number of nitrogens with one attached hydrogen (secondary N) is 2. The molecular weight excluding hydrogens is 707 g/mol. The molecule has 0 bridgehead atoms. The van der Waals surface area contributed by atoms with Crippen molar-refractivity contribution < 1.29 is 65.4 Å². The summed E-state index contributed by atoms with van der Waals surface area (Å²) in [7, 11) is -16.9. The van der Waals surface area contributed by atoms with Crippen LogP contribution < -0.4 is 11.1 Å². The number of aromatic amines is 1. The molecule has 2 aliphatic heterocycles.